The molecule has 1 N–H and O–H groups in total. The minimum atomic E-state index is -0.0885. The molecule has 1 heterocycles. The Morgan fingerprint density at radius 2 is 1.44 bits per heavy atom. The van der Waals surface area contributed by atoms with Gasteiger partial charge in [0, 0.05) is 5.41 Å². The highest BCUT2D eigenvalue weighted by molar-refractivity contribution is 5.81. The molecule has 0 aliphatic carbocycles. The second kappa shape index (κ2) is 16.3. The van der Waals surface area contributed by atoms with Gasteiger partial charge in [0.05, 0.1) is 12.4 Å². The number of ketones is 1. The Labute approximate surface area is 157 Å². The molecule has 0 unspecified atom stereocenters. The monoisotopic (exact) mass is 355 g/mol. The number of H-pyrrole nitrogens is 1. The zero-order valence-corrected chi connectivity index (χ0v) is 18.9. The van der Waals surface area contributed by atoms with Crippen LogP contribution in [-0.4, -0.2) is 21.2 Å². The number of nitrogens with one attached hydrogen (secondary N) is 1. The van der Waals surface area contributed by atoms with Gasteiger partial charge in [-0.25, -0.2) is 0 Å². The van der Waals surface area contributed by atoms with Crippen LogP contribution < -0.4 is 0 Å². The normalized spacial score (nSPS) is 10.6. The molecule has 0 bridgehead atoms. The van der Waals surface area contributed by atoms with Crippen LogP contribution in [0.2, 0.25) is 0 Å². The Balaban J connectivity index is -0.000000285. The molecule has 4 heteroatoms. The van der Waals surface area contributed by atoms with E-state index in [1.54, 1.807) is 19.3 Å². The van der Waals surface area contributed by atoms with Crippen LogP contribution in [-0.2, 0) is 4.79 Å². The lowest BCUT2D eigenvalue weighted by Crippen LogP contribution is -2.20. The van der Waals surface area contributed by atoms with Crippen molar-refractivity contribution in [1.29, 1.82) is 0 Å². The van der Waals surface area contributed by atoms with Crippen LogP contribution in [0.4, 0.5) is 0 Å². The van der Waals surface area contributed by atoms with E-state index in [1.165, 1.54) is 12.8 Å². The molecule has 0 radical (unpaired) electrons. The number of carbonyl (C=O) groups excluding carboxylic acids is 1. The molecule has 0 spiro atoms. The van der Waals surface area contributed by atoms with E-state index in [2.05, 4.69) is 57.0 Å². The second-order valence-corrected chi connectivity index (χ2v) is 8.34. The lowest BCUT2D eigenvalue weighted by Gasteiger charge is -2.19. The molecule has 0 amide bonds. The lowest BCUT2D eigenvalue weighted by molar-refractivity contribution is -0.125. The molecule has 0 aliphatic rings. The molecular weight excluding hydrogens is 310 g/mol. The first-order valence-corrected chi connectivity index (χ1v) is 9.73. The van der Waals surface area contributed by atoms with Gasteiger partial charge in [-0.2, -0.15) is 15.4 Å². The summed E-state index contributed by atoms with van der Waals surface area (Å²) in [5.41, 5.74) is 0.443. The van der Waals surface area contributed by atoms with Crippen molar-refractivity contribution >= 4 is 5.78 Å². The molecular formula is C21H45N3O. The number of carbonyl (C=O) groups is 1. The second-order valence-electron chi connectivity index (χ2n) is 8.34. The number of nitrogens with zero attached hydrogens (tertiary/aromatic N) is 2. The van der Waals surface area contributed by atoms with Crippen LogP contribution in [0.5, 0.6) is 0 Å². The molecule has 0 saturated carbocycles. The van der Waals surface area contributed by atoms with E-state index in [-0.39, 0.29) is 5.41 Å². The van der Waals surface area contributed by atoms with Gasteiger partial charge in [-0.3, -0.25) is 4.79 Å². The first kappa shape index (κ1) is 28.6. The summed E-state index contributed by atoms with van der Waals surface area (Å²) < 4.78 is 0. The van der Waals surface area contributed by atoms with E-state index in [4.69, 9.17) is 0 Å². The van der Waals surface area contributed by atoms with Crippen molar-refractivity contribution in [3.63, 3.8) is 0 Å². The maximum Gasteiger partial charge on any atom is 0.135 e. The van der Waals surface area contributed by atoms with E-state index in [9.17, 15) is 4.79 Å². The van der Waals surface area contributed by atoms with Gasteiger partial charge in [-0.05, 0) is 31.1 Å². The van der Waals surface area contributed by atoms with Gasteiger partial charge in [0.1, 0.15) is 5.78 Å². The first-order valence-electron chi connectivity index (χ1n) is 9.73. The van der Waals surface area contributed by atoms with Gasteiger partial charge in [0.25, 0.3) is 0 Å². The van der Waals surface area contributed by atoms with Gasteiger partial charge in [0.15, 0.2) is 0 Å². The van der Waals surface area contributed by atoms with Crippen molar-refractivity contribution in [1.82, 2.24) is 15.4 Å². The fraction of sp³-hybridized carbons (Fsp3) is 0.857. The molecule has 4 nitrogen and oxygen atoms in total. The zero-order valence-electron chi connectivity index (χ0n) is 18.9. The molecule has 1 rings (SSSR count). The fourth-order valence-corrected chi connectivity index (χ4v) is 1.69. The average Bonchev–Trinajstić information content (AvgIpc) is 3.06. The minimum Gasteiger partial charge on any atom is -0.299 e. The Kier molecular flexibility index (Phi) is 18.6. The molecule has 0 aromatic carbocycles. The molecule has 0 fully saturated rings. The van der Waals surface area contributed by atoms with E-state index < -0.39 is 0 Å². The fourth-order valence-electron chi connectivity index (χ4n) is 1.69. The lowest BCUT2D eigenvalue weighted by atomic mass is 9.84. The average molecular weight is 356 g/mol. The maximum atomic E-state index is 10.9. The SMILES string of the molecule is CC.CC(C)CCC(C)(C)C.CCCC(C)(C)C(C)=O.c1cn[nH]n1. The Hall–Kier alpha value is -1.19. The van der Waals surface area contributed by atoms with Gasteiger partial charge >= 0.3 is 0 Å². The third-order valence-corrected chi connectivity index (χ3v) is 3.63. The number of hydrogen-bond donors (Lipinski definition) is 1. The number of Topliss-reactive ketones (excluding diaryl/α,β-unsaturated/α-hetero) is 1. The highest BCUT2D eigenvalue weighted by atomic mass is 16.1. The van der Waals surface area contributed by atoms with Crippen LogP contribution in [0.25, 0.3) is 0 Å². The van der Waals surface area contributed by atoms with Crippen molar-refractivity contribution in [3.8, 4) is 0 Å². The summed E-state index contributed by atoms with van der Waals surface area (Å²) in [6, 6.07) is 0. The third kappa shape index (κ3) is 25.2. The molecule has 25 heavy (non-hydrogen) atoms. The molecule has 0 atom stereocenters. The molecule has 1 aromatic rings. The smallest absolute Gasteiger partial charge is 0.135 e. The predicted molar refractivity (Wildman–Crippen MR) is 111 cm³/mol. The largest absolute Gasteiger partial charge is 0.299 e. The number of aromatic nitrogens is 3. The van der Waals surface area contributed by atoms with Crippen LogP contribution >= 0.6 is 0 Å². The van der Waals surface area contributed by atoms with E-state index >= 15 is 0 Å². The van der Waals surface area contributed by atoms with E-state index in [0.717, 1.165) is 18.8 Å². The summed E-state index contributed by atoms with van der Waals surface area (Å²) in [7, 11) is 0. The van der Waals surface area contributed by atoms with Gasteiger partial charge < -0.3 is 0 Å². The van der Waals surface area contributed by atoms with Crippen molar-refractivity contribution in [2.24, 2.45) is 16.7 Å². The van der Waals surface area contributed by atoms with Crippen LogP contribution in [0.1, 0.15) is 102 Å². The number of aromatic amines is 1. The third-order valence-electron chi connectivity index (χ3n) is 3.63. The zero-order chi connectivity index (χ0) is 20.5. The number of hydrogen-bond acceptors (Lipinski definition) is 3. The van der Waals surface area contributed by atoms with Crippen LogP contribution in [0, 0.1) is 16.7 Å². The first-order chi connectivity index (χ1) is 11.4. The van der Waals surface area contributed by atoms with Crippen molar-refractivity contribution in [2.75, 3.05) is 0 Å². The van der Waals surface area contributed by atoms with Crippen molar-refractivity contribution in [2.45, 2.75) is 102 Å². The van der Waals surface area contributed by atoms with E-state index in [1.807, 2.05) is 27.7 Å². The minimum absolute atomic E-state index is 0.0885. The summed E-state index contributed by atoms with van der Waals surface area (Å²) in [5.74, 6) is 1.16. The Bertz CT molecular complexity index is 359. The van der Waals surface area contributed by atoms with Gasteiger partial charge in [0.2, 0.25) is 0 Å². The van der Waals surface area contributed by atoms with Crippen molar-refractivity contribution in [3.05, 3.63) is 12.4 Å². The Morgan fingerprint density at radius 1 is 1.00 bits per heavy atom. The molecule has 0 aliphatic heterocycles. The highest BCUT2D eigenvalue weighted by Gasteiger charge is 2.21. The summed E-state index contributed by atoms with van der Waals surface area (Å²) in [5, 5.41) is 9.33. The molecule has 150 valence electrons. The molecule has 1 aromatic heterocycles. The summed E-state index contributed by atoms with van der Waals surface area (Å²) in [6.45, 7) is 23.2. The van der Waals surface area contributed by atoms with Crippen LogP contribution in [0.3, 0.4) is 0 Å². The predicted octanol–water partition coefficient (Wildman–Crippen LogP) is 6.70. The van der Waals surface area contributed by atoms with Gasteiger partial charge in [-0.15, -0.1) is 0 Å². The summed E-state index contributed by atoms with van der Waals surface area (Å²) in [6.07, 6.45) is 7.98. The summed E-state index contributed by atoms with van der Waals surface area (Å²) in [4.78, 5) is 10.9. The summed E-state index contributed by atoms with van der Waals surface area (Å²) >= 11 is 0. The van der Waals surface area contributed by atoms with Crippen molar-refractivity contribution < 1.29 is 4.79 Å². The van der Waals surface area contributed by atoms with Crippen LogP contribution in [0.15, 0.2) is 12.4 Å². The Morgan fingerprint density at radius 3 is 1.56 bits per heavy atom. The van der Waals surface area contributed by atoms with Gasteiger partial charge in [-0.1, -0.05) is 82.1 Å². The number of rotatable bonds is 5. The maximum absolute atomic E-state index is 10.9. The highest BCUT2D eigenvalue weighted by Crippen LogP contribution is 2.23. The standard InChI is InChI=1S/C9H20.C8H16O.C2H3N3.C2H6/c1-8(2)6-7-9(3,4)5;1-5-6-8(3,4)7(2)9;1-2-4-5-3-1;1-2/h8H,6-7H2,1-5H3;5-6H2,1-4H3;1-2H,(H,3,4,5);1-2H3. The van der Waals surface area contributed by atoms with E-state index in [0.29, 0.717) is 11.2 Å². The molecule has 0 saturated heterocycles. The quantitative estimate of drug-likeness (QED) is 0.639. The topological polar surface area (TPSA) is 58.6 Å².